The van der Waals surface area contributed by atoms with Gasteiger partial charge in [0.2, 0.25) is 5.95 Å². The number of hydroxylamine groups is 1. The van der Waals surface area contributed by atoms with E-state index in [-0.39, 0.29) is 11.5 Å². The molecule has 5 rings (SSSR count). The summed E-state index contributed by atoms with van der Waals surface area (Å²) in [6.07, 6.45) is 12.2. The van der Waals surface area contributed by atoms with E-state index in [9.17, 15) is 4.79 Å². The van der Waals surface area contributed by atoms with Crippen LogP contribution in [-0.4, -0.2) is 28.0 Å². The lowest BCUT2D eigenvalue weighted by Gasteiger charge is -2.33. The van der Waals surface area contributed by atoms with Gasteiger partial charge in [0.1, 0.15) is 0 Å². The zero-order chi connectivity index (χ0) is 25.7. The summed E-state index contributed by atoms with van der Waals surface area (Å²) in [6, 6.07) is 11.4. The Labute approximate surface area is 224 Å². The molecule has 2 aliphatic rings. The van der Waals surface area contributed by atoms with Crippen molar-refractivity contribution in [3.8, 4) is 0 Å². The van der Waals surface area contributed by atoms with Crippen LogP contribution in [0.3, 0.4) is 0 Å². The molecule has 0 atom stereocenters. The number of anilines is 2. The molecule has 1 heterocycles. The van der Waals surface area contributed by atoms with E-state index < -0.39 is 0 Å². The van der Waals surface area contributed by atoms with Gasteiger partial charge >= 0.3 is 0 Å². The molecule has 0 aliphatic heterocycles. The van der Waals surface area contributed by atoms with Gasteiger partial charge in [-0.05, 0) is 74.4 Å². The highest BCUT2D eigenvalue weighted by molar-refractivity contribution is 6.33. The first kappa shape index (κ1) is 26.0. The summed E-state index contributed by atoms with van der Waals surface area (Å²) < 4.78 is 0. The Bertz CT molecular complexity index is 1210. The minimum atomic E-state index is -0.0916. The van der Waals surface area contributed by atoms with E-state index in [0.29, 0.717) is 29.0 Å². The van der Waals surface area contributed by atoms with Gasteiger partial charge < -0.3 is 15.6 Å². The molecule has 2 fully saturated rings. The van der Waals surface area contributed by atoms with E-state index in [1.165, 1.54) is 51.4 Å². The van der Waals surface area contributed by atoms with Gasteiger partial charge in [-0.3, -0.25) is 9.63 Å². The molecule has 2 saturated carbocycles. The lowest BCUT2D eigenvalue weighted by atomic mass is 9.87. The first-order chi connectivity index (χ1) is 18.0. The Morgan fingerprint density at radius 1 is 1.08 bits per heavy atom. The molecule has 0 unspecified atom stereocenters. The number of hydrogen-bond donors (Lipinski definition) is 4. The SMILES string of the molecule is CC1(ONCc2ccc(Cl)c(Nc3nc4ccc(C(=O)NCC5CCCCC5)cc4[nH]3)c2)CCCCC1. The Hall–Kier alpha value is -2.61. The van der Waals surface area contributed by atoms with E-state index in [1.54, 1.807) is 0 Å². The molecule has 37 heavy (non-hydrogen) atoms. The number of aromatic amines is 1. The normalized spacial score (nSPS) is 18.1. The molecule has 1 aromatic heterocycles. The second-order valence-corrected chi connectivity index (χ2v) is 11.3. The molecule has 0 spiro atoms. The van der Waals surface area contributed by atoms with E-state index in [2.05, 4.69) is 33.0 Å². The van der Waals surface area contributed by atoms with Crippen molar-refractivity contribution in [1.29, 1.82) is 0 Å². The molecular formula is C29H38ClN5O2. The Kier molecular flexibility index (Phi) is 8.33. The number of imidazole rings is 1. The summed E-state index contributed by atoms with van der Waals surface area (Å²) in [6.45, 7) is 3.52. The third kappa shape index (κ3) is 6.83. The van der Waals surface area contributed by atoms with Crippen LogP contribution in [0, 0.1) is 5.92 Å². The summed E-state index contributed by atoms with van der Waals surface area (Å²) >= 11 is 6.48. The number of carbonyl (C=O) groups is 1. The molecular weight excluding hydrogens is 486 g/mol. The summed E-state index contributed by atoms with van der Waals surface area (Å²) in [4.78, 5) is 26.7. The topological polar surface area (TPSA) is 91.1 Å². The van der Waals surface area contributed by atoms with Gasteiger partial charge in [-0.15, -0.1) is 0 Å². The van der Waals surface area contributed by atoms with Crippen molar-refractivity contribution in [2.45, 2.75) is 83.3 Å². The fraction of sp³-hybridized carbons (Fsp3) is 0.517. The number of rotatable bonds is 9. The maximum atomic E-state index is 12.7. The third-order valence-electron chi connectivity index (χ3n) is 7.81. The molecule has 7 nitrogen and oxygen atoms in total. The Balaban J connectivity index is 1.20. The molecule has 198 valence electrons. The second-order valence-electron chi connectivity index (χ2n) is 10.9. The van der Waals surface area contributed by atoms with E-state index in [1.807, 2.05) is 36.4 Å². The smallest absolute Gasteiger partial charge is 0.251 e. The van der Waals surface area contributed by atoms with E-state index in [4.69, 9.17) is 16.4 Å². The maximum Gasteiger partial charge on any atom is 0.251 e. The summed E-state index contributed by atoms with van der Waals surface area (Å²) in [5.41, 5.74) is 7.11. The van der Waals surface area contributed by atoms with Crippen LogP contribution in [0.2, 0.25) is 5.02 Å². The highest BCUT2D eigenvalue weighted by Gasteiger charge is 2.28. The number of nitrogens with one attached hydrogen (secondary N) is 4. The number of amides is 1. The van der Waals surface area contributed by atoms with Crippen LogP contribution in [0.25, 0.3) is 11.0 Å². The van der Waals surface area contributed by atoms with Crippen molar-refractivity contribution in [3.63, 3.8) is 0 Å². The number of benzene rings is 2. The quantitative estimate of drug-likeness (QED) is 0.226. The van der Waals surface area contributed by atoms with E-state index in [0.717, 1.165) is 41.7 Å². The lowest BCUT2D eigenvalue weighted by Crippen LogP contribution is -2.36. The highest BCUT2D eigenvalue weighted by atomic mass is 35.5. The largest absolute Gasteiger partial charge is 0.352 e. The number of H-pyrrole nitrogens is 1. The standard InChI is InChI=1S/C29H38ClN5O2/c1-29(14-6-3-7-15-29)37-32-19-21-10-12-23(30)25(16-21)34-28-33-24-13-11-22(17-26(24)35-28)27(36)31-18-20-8-4-2-5-9-20/h10-13,16-17,20,32H,2-9,14-15,18-19H2,1H3,(H,31,36)(H2,33,34,35). The molecule has 0 bridgehead atoms. The number of halogens is 1. The first-order valence-electron chi connectivity index (χ1n) is 13.7. The van der Waals surface area contributed by atoms with Crippen LogP contribution in [-0.2, 0) is 11.4 Å². The van der Waals surface area contributed by atoms with Gasteiger partial charge in [-0.1, -0.05) is 56.2 Å². The van der Waals surface area contributed by atoms with Crippen molar-refractivity contribution < 1.29 is 9.63 Å². The number of hydrogen-bond acceptors (Lipinski definition) is 5. The van der Waals surface area contributed by atoms with Gasteiger partial charge in [0.25, 0.3) is 5.91 Å². The van der Waals surface area contributed by atoms with Crippen molar-refractivity contribution >= 4 is 40.2 Å². The highest BCUT2D eigenvalue weighted by Crippen LogP contribution is 2.31. The van der Waals surface area contributed by atoms with Gasteiger partial charge in [0, 0.05) is 18.7 Å². The minimum absolute atomic E-state index is 0.0378. The fourth-order valence-electron chi connectivity index (χ4n) is 5.54. The molecule has 0 radical (unpaired) electrons. The van der Waals surface area contributed by atoms with E-state index >= 15 is 0 Å². The predicted octanol–water partition coefficient (Wildman–Crippen LogP) is 7.01. The van der Waals surface area contributed by atoms with Crippen molar-refractivity contribution in [2.24, 2.45) is 5.92 Å². The average Bonchev–Trinajstić information content (AvgIpc) is 3.31. The summed E-state index contributed by atoms with van der Waals surface area (Å²) in [7, 11) is 0. The monoisotopic (exact) mass is 523 g/mol. The van der Waals surface area contributed by atoms with Crippen LogP contribution >= 0.6 is 11.6 Å². The number of aromatic nitrogens is 2. The third-order valence-corrected chi connectivity index (χ3v) is 8.14. The number of carbonyl (C=O) groups excluding carboxylic acids is 1. The van der Waals surface area contributed by atoms with Gasteiger partial charge in [-0.25, -0.2) is 4.98 Å². The van der Waals surface area contributed by atoms with Gasteiger partial charge in [0.05, 0.1) is 27.3 Å². The molecule has 8 heteroatoms. The number of nitrogens with zero attached hydrogens (tertiary/aromatic N) is 1. The average molecular weight is 524 g/mol. The summed E-state index contributed by atoms with van der Waals surface area (Å²) in [5, 5.41) is 7.01. The molecule has 1 amide bonds. The molecule has 3 aromatic rings. The molecule has 2 aromatic carbocycles. The van der Waals surface area contributed by atoms with Crippen molar-refractivity contribution in [1.82, 2.24) is 20.8 Å². The zero-order valence-corrected chi connectivity index (χ0v) is 22.4. The molecule has 4 N–H and O–H groups in total. The van der Waals surface area contributed by atoms with Crippen LogP contribution in [0.1, 0.15) is 87.1 Å². The minimum Gasteiger partial charge on any atom is -0.352 e. The van der Waals surface area contributed by atoms with Crippen molar-refractivity contribution in [3.05, 3.63) is 52.5 Å². The Morgan fingerprint density at radius 3 is 2.68 bits per heavy atom. The molecule has 2 aliphatic carbocycles. The Morgan fingerprint density at radius 2 is 1.86 bits per heavy atom. The zero-order valence-electron chi connectivity index (χ0n) is 21.7. The fourth-order valence-corrected chi connectivity index (χ4v) is 5.71. The predicted molar refractivity (Wildman–Crippen MR) is 149 cm³/mol. The second kappa shape index (κ2) is 11.8. The summed E-state index contributed by atoms with van der Waals surface area (Å²) in [5.74, 6) is 1.14. The van der Waals surface area contributed by atoms with Crippen molar-refractivity contribution in [2.75, 3.05) is 11.9 Å². The number of fused-ring (bicyclic) bond motifs is 1. The van der Waals surface area contributed by atoms with Crippen LogP contribution in [0.4, 0.5) is 11.6 Å². The van der Waals surface area contributed by atoms with Crippen LogP contribution in [0.15, 0.2) is 36.4 Å². The first-order valence-corrected chi connectivity index (χ1v) is 14.1. The van der Waals surface area contributed by atoms with Crippen LogP contribution < -0.4 is 16.1 Å². The van der Waals surface area contributed by atoms with Gasteiger partial charge in [-0.2, -0.15) is 5.48 Å². The molecule has 0 saturated heterocycles. The van der Waals surface area contributed by atoms with Crippen LogP contribution in [0.5, 0.6) is 0 Å². The lowest BCUT2D eigenvalue weighted by molar-refractivity contribution is -0.117. The van der Waals surface area contributed by atoms with Gasteiger partial charge in [0.15, 0.2) is 0 Å². The maximum absolute atomic E-state index is 12.7.